The smallest absolute Gasteiger partial charge is 0.308 e. The van der Waals surface area contributed by atoms with Crippen LogP contribution in [0.1, 0.15) is 5.56 Å². The maximum absolute atomic E-state index is 12.7. The molecule has 0 unspecified atom stereocenters. The van der Waals surface area contributed by atoms with Crippen LogP contribution in [0.25, 0.3) is 0 Å². The Kier molecular flexibility index (Phi) is 4.92. The van der Waals surface area contributed by atoms with Crippen LogP contribution in [0.15, 0.2) is 40.9 Å². The molecular formula is C13H8BrClF3N3O. The van der Waals surface area contributed by atoms with Gasteiger partial charge in [0, 0.05) is 10.2 Å². The molecule has 0 saturated carbocycles. The Hall–Kier alpha value is -1.80. The Morgan fingerprint density at radius 3 is 2.36 bits per heavy atom. The standard InChI is InChI=1S/C13H8BrClF3N3O/c14-8-1-3-9(4-2-8)19-12(22)21-11-6-7(13(16,17)18)5-10(15)20-11/h1-6H,(H2,19,20,21,22). The third kappa shape index (κ3) is 4.60. The molecule has 0 radical (unpaired) electrons. The summed E-state index contributed by atoms with van der Waals surface area (Å²) in [5.74, 6) is -0.297. The van der Waals surface area contributed by atoms with Gasteiger partial charge < -0.3 is 5.32 Å². The summed E-state index contributed by atoms with van der Waals surface area (Å²) in [6.07, 6.45) is -4.58. The second kappa shape index (κ2) is 6.53. The summed E-state index contributed by atoms with van der Waals surface area (Å²) in [6.45, 7) is 0. The molecule has 2 aromatic rings. The fraction of sp³-hybridized carbons (Fsp3) is 0.0769. The monoisotopic (exact) mass is 393 g/mol. The maximum atomic E-state index is 12.7. The van der Waals surface area contributed by atoms with Crippen LogP contribution in [-0.4, -0.2) is 11.0 Å². The van der Waals surface area contributed by atoms with Gasteiger partial charge in [-0.3, -0.25) is 5.32 Å². The number of aromatic nitrogens is 1. The van der Waals surface area contributed by atoms with Crippen LogP contribution >= 0.6 is 27.5 Å². The third-order valence-electron chi connectivity index (χ3n) is 2.47. The molecule has 2 N–H and O–H groups in total. The van der Waals surface area contributed by atoms with E-state index >= 15 is 0 Å². The molecule has 116 valence electrons. The van der Waals surface area contributed by atoms with Gasteiger partial charge in [0.2, 0.25) is 0 Å². The van der Waals surface area contributed by atoms with E-state index in [1.165, 1.54) is 0 Å². The molecule has 0 aliphatic rings. The zero-order valence-corrected chi connectivity index (χ0v) is 13.1. The van der Waals surface area contributed by atoms with E-state index in [0.29, 0.717) is 17.8 Å². The number of nitrogens with one attached hydrogen (secondary N) is 2. The van der Waals surface area contributed by atoms with Gasteiger partial charge in [0.15, 0.2) is 0 Å². The minimum Gasteiger partial charge on any atom is -0.308 e. The van der Waals surface area contributed by atoms with Gasteiger partial charge in [0.05, 0.1) is 5.56 Å². The number of urea groups is 1. The topological polar surface area (TPSA) is 54.0 Å². The van der Waals surface area contributed by atoms with Gasteiger partial charge in [-0.2, -0.15) is 13.2 Å². The van der Waals surface area contributed by atoms with Crippen LogP contribution < -0.4 is 10.6 Å². The van der Waals surface area contributed by atoms with Crippen molar-refractivity contribution in [1.82, 2.24) is 4.98 Å². The maximum Gasteiger partial charge on any atom is 0.416 e. The van der Waals surface area contributed by atoms with Crippen molar-refractivity contribution >= 4 is 45.1 Å². The molecule has 22 heavy (non-hydrogen) atoms. The molecule has 0 atom stereocenters. The van der Waals surface area contributed by atoms with E-state index in [0.717, 1.165) is 4.47 Å². The van der Waals surface area contributed by atoms with Crippen molar-refractivity contribution in [3.63, 3.8) is 0 Å². The van der Waals surface area contributed by atoms with Crippen molar-refractivity contribution in [3.8, 4) is 0 Å². The average molecular weight is 395 g/mol. The number of benzene rings is 1. The van der Waals surface area contributed by atoms with Gasteiger partial charge >= 0.3 is 12.2 Å². The SMILES string of the molecule is O=C(Nc1ccc(Br)cc1)Nc1cc(C(F)(F)F)cc(Cl)n1. The summed E-state index contributed by atoms with van der Waals surface area (Å²) in [6, 6.07) is 7.30. The first kappa shape index (κ1) is 16.6. The summed E-state index contributed by atoms with van der Waals surface area (Å²) in [7, 11) is 0. The molecule has 2 amide bonds. The zero-order valence-electron chi connectivity index (χ0n) is 10.7. The average Bonchev–Trinajstić information content (AvgIpc) is 2.39. The molecule has 1 aromatic carbocycles. The lowest BCUT2D eigenvalue weighted by atomic mass is 10.2. The highest BCUT2D eigenvalue weighted by Crippen LogP contribution is 2.31. The first-order valence-corrected chi connectivity index (χ1v) is 6.99. The number of halogens is 5. The van der Waals surface area contributed by atoms with Gasteiger partial charge in [-0.05, 0) is 36.4 Å². The number of hydrogen-bond donors (Lipinski definition) is 2. The summed E-state index contributed by atoms with van der Waals surface area (Å²) in [5, 5.41) is 4.29. The number of nitrogens with zero attached hydrogens (tertiary/aromatic N) is 1. The summed E-state index contributed by atoms with van der Waals surface area (Å²) in [5.41, 5.74) is -0.523. The van der Waals surface area contributed by atoms with Crippen LogP contribution in [0.3, 0.4) is 0 Å². The van der Waals surface area contributed by atoms with Crippen LogP contribution in [0.2, 0.25) is 5.15 Å². The van der Waals surface area contributed by atoms with Crippen molar-refractivity contribution in [2.45, 2.75) is 6.18 Å². The van der Waals surface area contributed by atoms with Crippen molar-refractivity contribution in [1.29, 1.82) is 0 Å². The van der Waals surface area contributed by atoms with Crippen LogP contribution in [0, 0.1) is 0 Å². The lowest BCUT2D eigenvalue weighted by Gasteiger charge is -2.11. The third-order valence-corrected chi connectivity index (χ3v) is 3.19. The minimum atomic E-state index is -4.58. The van der Waals surface area contributed by atoms with Gasteiger partial charge in [-0.25, -0.2) is 9.78 Å². The number of anilines is 2. The van der Waals surface area contributed by atoms with Crippen LogP contribution in [0.4, 0.5) is 29.5 Å². The summed E-state index contributed by atoms with van der Waals surface area (Å²) < 4.78 is 38.8. The van der Waals surface area contributed by atoms with Gasteiger partial charge in [0.25, 0.3) is 0 Å². The molecule has 1 heterocycles. The van der Waals surface area contributed by atoms with Crippen molar-refractivity contribution in [2.24, 2.45) is 0 Å². The number of carbonyl (C=O) groups excluding carboxylic acids is 1. The van der Waals surface area contributed by atoms with E-state index in [9.17, 15) is 18.0 Å². The Labute approximate surface area is 136 Å². The molecule has 2 rings (SSSR count). The van der Waals surface area contributed by atoms with E-state index < -0.39 is 17.8 Å². The van der Waals surface area contributed by atoms with Gasteiger partial charge in [-0.1, -0.05) is 27.5 Å². The molecular weight excluding hydrogens is 387 g/mol. The largest absolute Gasteiger partial charge is 0.416 e. The number of pyridine rings is 1. The molecule has 0 fully saturated rings. The Morgan fingerprint density at radius 2 is 1.77 bits per heavy atom. The number of hydrogen-bond acceptors (Lipinski definition) is 2. The lowest BCUT2D eigenvalue weighted by molar-refractivity contribution is -0.137. The van der Waals surface area contributed by atoms with Crippen LogP contribution in [-0.2, 0) is 6.18 Å². The number of rotatable bonds is 2. The van der Waals surface area contributed by atoms with Crippen molar-refractivity contribution in [2.75, 3.05) is 10.6 Å². The molecule has 1 aromatic heterocycles. The molecule has 0 spiro atoms. The predicted molar refractivity (Wildman–Crippen MR) is 81.0 cm³/mol. The fourth-order valence-corrected chi connectivity index (χ4v) is 2.01. The number of carbonyl (C=O) groups is 1. The zero-order chi connectivity index (χ0) is 16.3. The summed E-state index contributed by atoms with van der Waals surface area (Å²) in [4.78, 5) is 15.4. The van der Waals surface area contributed by atoms with Crippen molar-refractivity contribution < 1.29 is 18.0 Å². The Balaban J connectivity index is 2.11. The van der Waals surface area contributed by atoms with Crippen molar-refractivity contribution in [3.05, 3.63) is 51.6 Å². The Bertz CT molecular complexity index is 692. The highest BCUT2D eigenvalue weighted by molar-refractivity contribution is 9.10. The van der Waals surface area contributed by atoms with E-state index in [4.69, 9.17) is 11.6 Å². The first-order valence-electron chi connectivity index (χ1n) is 5.82. The minimum absolute atomic E-state index is 0.297. The molecule has 0 saturated heterocycles. The fourth-order valence-electron chi connectivity index (χ4n) is 1.54. The molecule has 0 bridgehead atoms. The lowest BCUT2D eigenvalue weighted by Crippen LogP contribution is -2.20. The van der Waals surface area contributed by atoms with Gasteiger partial charge in [0.1, 0.15) is 11.0 Å². The molecule has 0 aliphatic carbocycles. The van der Waals surface area contributed by atoms with Crippen LogP contribution in [0.5, 0.6) is 0 Å². The van der Waals surface area contributed by atoms with E-state index in [-0.39, 0.29) is 11.0 Å². The molecule has 0 aliphatic heterocycles. The number of alkyl halides is 3. The van der Waals surface area contributed by atoms with Gasteiger partial charge in [-0.15, -0.1) is 0 Å². The first-order chi connectivity index (χ1) is 10.2. The second-order valence-corrected chi connectivity index (χ2v) is 5.45. The number of amides is 2. The highest BCUT2D eigenvalue weighted by Gasteiger charge is 2.31. The predicted octanol–water partition coefficient (Wildman–Crippen LogP) is 5.16. The van der Waals surface area contributed by atoms with E-state index in [1.54, 1.807) is 24.3 Å². The Morgan fingerprint density at radius 1 is 1.14 bits per heavy atom. The molecule has 9 heteroatoms. The quantitative estimate of drug-likeness (QED) is 0.691. The highest BCUT2D eigenvalue weighted by atomic mass is 79.9. The van der Waals surface area contributed by atoms with E-state index in [2.05, 4.69) is 31.5 Å². The normalized spacial score (nSPS) is 11.1. The van der Waals surface area contributed by atoms with E-state index in [1.807, 2.05) is 0 Å². The summed E-state index contributed by atoms with van der Waals surface area (Å²) >= 11 is 8.77. The molecule has 4 nitrogen and oxygen atoms in total. The second-order valence-electron chi connectivity index (χ2n) is 4.15.